The largest absolute Gasteiger partial charge is 0.346 e. The molecule has 0 radical (unpaired) electrons. The number of amides is 1. The van der Waals surface area contributed by atoms with Crippen LogP contribution in [0.25, 0.3) is 10.8 Å². The molecule has 0 bridgehead atoms. The highest BCUT2D eigenvalue weighted by Gasteiger charge is 2.11. The van der Waals surface area contributed by atoms with Crippen molar-refractivity contribution in [3.8, 4) is 0 Å². The number of carbonyl (C=O) groups excluding carboxylic acids is 1. The summed E-state index contributed by atoms with van der Waals surface area (Å²) in [5.74, 6) is -0.868. The second-order valence-corrected chi connectivity index (χ2v) is 5.11. The highest BCUT2D eigenvalue weighted by atomic mass is 19.1. The van der Waals surface area contributed by atoms with Gasteiger partial charge in [-0.15, -0.1) is 0 Å². The fraction of sp³-hybridized carbons (Fsp3) is 0.118. The summed E-state index contributed by atoms with van der Waals surface area (Å²) in [6.07, 6.45) is 0. The maximum Gasteiger partial charge on any atom is 0.274 e. The van der Waals surface area contributed by atoms with Crippen LogP contribution in [0.15, 0.2) is 53.3 Å². The molecule has 23 heavy (non-hydrogen) atoms. The Morgan fingerprint density at radius 3 is 2.65 bits per heavy atom. The number of halogens is 1. The molecule has 1 heterocycles. The SMILES string of the molecule is Cn1nc(CNC(=O)c2cccc(F)c2)c2ccccc2c1=O. The first-order chi connectivity index (χ1) is 11.1. The molecule has 0 spiro atoms. The van der Waals surface area contributed by atoms with Gasteiger partial charge in [-0.3, -0.25) is 9.59 Å². The third kappa shape index (κ3) is 2.96. The van der Waals surface area contributed by atoms with E-state index in [0.717, 1.165) is 0 Å². The predicted molar refractivity (Wildman–Crippen MR) is 84.6 cm³/mol. The van der Waals surface area contributed by atoms with Crippen molar-refractivity contribution in [1.29, 1.82) is 0 Å². The van der Waals surface area contributed by atoms with E-state index in [4.69, 9.17) is 0 Å². The van der Waals surface area contributed by atoms with Gasteiger partial charge in [-0.2, -0.15) is 5.10 Å². The molecule has 3 rings (SSSR count). The molecule has 0 aliphatic carbocycles. The minimum absolute atomic E-state index is 0.143. The number of rotatable bonds is 3. The number of hydrogen-bond acceptors (Lipinski definition) is 3. The highest BCUT2D eigenvalue weighted by molar-refractivity contribution is 5.94. The molecule has 0 fully saturated rings. The Bertz CT molecular complexity index is 950. The minimum Gasteiger partial charge on any atom is -0.346 e. The topological polar surface area (TPSA) is 64.0 Å². The number of aromatic nitrogens is 2. The summed E-state index contributed by atoms with van der Waals surface area (Å²) in [4.78, 5) is 24.1. The van der Waals surface area contributed by atoms with Crippen LogP contribution in [0.1, 0.15) is 16.1 Å². The van der Waals surface area contributed by atoms with Crippen molar-refractivity contribution >= 4 is 16.7 Å². The van der Waals surface area contributed by atoms with E-state index in [1.54, 1.807) is 31.3 Å². The Balaban J connectivity index is 1.89. The van der Waals surface area contributed by atoms with Crippen LogP contribution in [0.3, 0.4) is 0 Å². The molecule has 2 aromatic carbocycles. The van der Waals surface area contributed by atoms with Gasteiger partial charge in [0.05, 0.1) is 17.6 Å². The lowest BCUT2D eigenvalue weighted by atomic mass is 10.1. The molecule has 1 amide bonds. The van der Waals surface area contributed by atoms with Gasteiger partial charge in [0.25, 0.3) is 11.5 Å². The van der Waals surface area contributed by atoms with Crippen molar-refractivity contribution in [2.75, 3.05) is 0 Å². The smallest absolute Gasteiger partial charge is 0.274 e. The molecule has 1 N–H and O–H groups in total. The van der Waals surface area contributed by atoms with Crippen LogP contribution < -0.4 is 10.9 Å². The zero-order valence-corrected chi connectivity index (χ0v) is 12.4. The van der Waals surface area contributed by atoms with Gasteiger partial charge in [-0.1, -0.05) is 24.3 Å². The zero-order chi connectivity index (χ0) is 16.4. The first-order valence-corrected chi connectivity index (χ1v) is 7.05. The van der Waals surface area contributed by atoms with E-state index < -0.39 is 11.7 Å². The minimum atomic E-state index is -0.469. The third-order valence-electron chi connectivity index (χ3n) is 3.54. The lowest BCUT2D eigenvalue weighted by molar-refractivity contribution is 0.0950. The number of fused-ring (bicyclic) bond motifs is 1. The van der Waals surface area contributed by atoms with Crippen LogP contribution in [0.5, 0.6) is 0 Å². The van der Waals surface area contributed by atoms with Crippen molar-refractivity contribution < 1.29 is 9.18 Å². The van der Waals surface area contributed by atoms with Crippen molar-refractivity contribution in [3.05, 3.63) is 76.0 Å². The van der Waals surface area contributed by atoms with E-state index >= 15 is 0 Å². The molecule has 0 aliphatic rings. The zero-order valence-electron chi connectivity index (χ0n) is 12.4. The van der Waals surface area contributed by atoms with E-state index in [1.807, 2.05) is 0 Å². The summed E-state index contributed by atoms with van der Waals surface area (Å²) in [5, 5.41) is 8.13. The maximum absolute atomic E-state index is 13.2. The number of benzene rings is 2. The van der Waals surface area contributed by atoms with Gasteiger partial charge in [0.1, 0.15) is 5.82 Å². The molecule has 5 nitrogen and oxygen atoms in total. The molecule has 0 atom stereocenters. The van der Waals surface area contributed by atoms with Crippen LogP contribution in [-0.4, -0.2) is 15.7 Å². The van der Waals surface area contributed by atoms with E-state index in [1.165, 1.54) is 28.9 Å². The summed E-state index contributed by atoms with van der Waals surface area (Å²) in [5.41, 5.74) is 0.618. The molecular weight excluding hydrogens is 297 g/mol. The van der Waals surface area contributed by atoms with Crippen LogP contribution in [0.4, 0.5) is 4.39 Å². The maximum atomic E-state index is 13.2. The second-order valence-electron chi connectivity index (χ2n) is 5.11. The first-order valence-electron chi connectivity index (χ1n) is 7.05. The molecule has 1 aromatic heterocycles. The Morgan fingerprint density at radius 1 is 1.17 bits per heavy atom. The number of nitrogens with one attached hydrogen (secondary N) is 1. The van der Waals surface area contributed by atoms with Gasteiger partial charge in [0.2, 0.25) is 0 Å². The van der Waals surface area contributed by atoms with Crippen molar-refractivity contribution in [2.24, 2.45) is 7.05 Å². The fourth-order valence-corrected chi connectivity index (χ4v) is 2.40. The molecule has 0 aliphatic heterocycles. The molecule has 116 valence electrons. The van der Waals surface area contributed by atoms with Crippen molar-refractivity contribution in [1.82, 2.24) is 15.1 Å². The molecule has 3 aromatic rings. The summed E-state index contributed by atoms with van der Waals surface area (Å²) in [6, 6.07) is 12.5. The molecule has 0 saturated carbocycles. The standard InChI is InChI=1S/C17H14FN3O2/c1-21-17(23)14-8-3-2-7-13(14)15(20-21)10-19-16(22)11-5-4-6-12(18)9-11/h2-9H,10H2,1H3,(H,19,22). The van der Waals surface area contributed by atoms with E-state index in [-0.39, 0.29) is 17.7 Å². The Morgan fingerprint density at radius 2 is 1.91 bits per heavy atom. The average Bonchev–Trinajstić information content (AvgIpc) is 2.56. The van der Waals surface area contributed by atoms with E-state index in [9.17, 15) is 14.0 Å². The lowest BCUT2D eigenvalue weighted by Crippen LogP contribution is -2.27. The third-order valence-corrected chi connectivity index (χ3v) is 3.54. The summed E-state index contributed by atoms with van der Waals surface area (Å²) >= 11 is 0. The quantitative estimate of drug-likeness (QED) is 0.804. The summed E-state index contributed by atoms with van der Waals surface area (Å²) < 4.78 is 14.4. The monoisotopic (exact) mass is 311 g/mol. The molecule has 0 saturated heterocycles. The number of nitrogens with zero attached hydrogens (tertiary/aromatic N) is 2. The molecule has 0 unspecified atom stereocenters. The normalized spacial score (nSPS) is 10.7. The first kappa shape index (κ1) is 14.9. The van der Waals surface area contributed by atoms with Crippen LogP contribution in [0, 0.1) is 5.82 Å². The van der Waals surface area contributed by atoms with E-state index in [2.05, 4.69) is 10.4 Å². The Labute approximate surface area is 131 Å². The molecular formula is C17H14FN3O2. The van der Waals surface area contributed by atoms with Gasteiger partial charge >= 0.3 is 0 Å². The summed E-state index contributed by atoms with van der Waals surface area (Å²) in [7, 11) is 1.56. The second kappa shape index (κ2) is 6.00. The van der Waals surface area contributed by atoms with Gasteiger partial charge in [0, 0.05) is 18.0 Å². The Kier molecular flexibility index (Phi) is 3.89. The van der Waals surface area contributed by atoms with Gasteiger partial charge in [0.15, 0.2) is 0 Å². The van der Waals surface area contributed by atoms with Crippen LogP contribution in [-0.2, 0) is 13.6 Å². The van der Waals surface area contributed by atoms with Crippen LogP contribution >= 0.6 is 0 Å². The Hall–Kier alpha value is -3.02. The van der Waals surface area contributed by atoms with Crippen LogP contribution in [0.2, 0.25) is 0 Å². The molecule has 6 heteroatoms. The number of hydrogen-bond donors (Lipinski definition) is 1. The predicted octanol–water partition coefficient (Wildman–Crippen LogP) is 2.00. The summed E-state index contributed by atoms with van der Waals surface area (Å²) in [6.45, 7) is 0.143. The average molecular weight is 311 g/mol. The van der Waals surface area contributed by atoms with E-state index in [0.29, 0.717) is 16.5 Å². The fourth-order valence-electron chi connectivity index (χ4n) is 2.40. The number of aryl methyl sites for hydroxylation is 1. The van der Waals surface area contributed by atoms with Gasteiger partial charge in [-0.05, 0) is 24.3 Å². The van der Waals surface area contributed by atoms with Gasteiger partial charge in [-0.25, -0.2) is 9.07 Å². The highest BCUT2D eigenvalue weighted by Crippen LogP contribution is 2.13. The van der Waals surface area contributed by atoms with Gasteiger partial charge < -0.3 is 5.32 Å². The number of carbonyl (C=O) groups is 1. The lowest BCUT2D eigenvalue weighted by Gasteiger charge is -2.09. The van der Waals surface area contributed by atoms with Crippen molar-refractivity contribution in [2.45, 2.75) is 6.54 Å². The van der Waals surface area contributed by atoms with Crippen molar-refractivity contribution in [3.63, 3.8) is 0 Å².